The van der Waals surface area contributed by atoms with E-state index in [9.17, 15) is 9.18 Å². The molecule has 0 saturated heterocycles. The van der Waals surface area contributed by atoms with Crippen LogP contribution < -0.4 is 10.1 Å². The highest BCUT2D eigenvalue weighted by atomic mass is 19.1. The molecule has 9 heteroatoms. The van der Waals surface area contributed by atoms with Crippen LogP contribution in [0.15, 0.2) is 85.2 Å². The molecule has 1 N–H and O–H groups in total. The predicted molar refractivity (Wildman–Crippen MR) is 120 cm³/mol. The third kappa shape index (κ3) is 4.38. The second kappa shape index (κ2) is 8.83. The number of ether oxygens (including phenoxy) is 1. The van der Waals surface area contributed by atoms with Crippen LogP contribution in [0.4, 0.5) is 10.1 Å². The topological polar surface area (TPSA) is 94.3 Å². The summed E-state index contributed by atoms with van der Waals surface area (Å²) >= 11 is 0. The van der Waals surface area contributed by atoms with Gasteiger partial charge in [0.15, 0.2) is 29.6 Å². The quantitative estimate of drug-likeness (QED) is 0.429. The maximum atomic E-state index is 13.7. The molecular formula is C24H17FN6O2. The lowest BCUT2D eigenvalue weighted by molar-refractivity contribution is -0.118. The Morgan fingerprint density at radius 1 is 0.939 bits per heavy atom. The highest BCUT2D eigenvalue weighted by Gasteiger charge is 2.12. The van der Waals surface area contributed by atoms with Crippen LogP contribution in [0.5, 0.6) is 5.75 Å². The molecule has 0 saturated carbocycles. The first-order chi connectivity index (χ1) is 16.2. The van der Waals surface area contributed by atoms with Gasteiger partial charge >= 0.3 is 0 Å². The largest absolute Gasteiger partial charge is 0.481 e. The van der Waals surface area contributed by atoms with Crippen molar-refractivity contribution in [1.82, 2.24) is 24.8 Å². The van der Waals surface area contributed by atoms with Crippen LogP contribution in [0.3, 0.4) is 0 Å². The fraction of sp³-hybridized carbons (Fsp3) is 0.0417. The SMILES string of the molecule is O=C(COc1ccccc1F)Nc1cccc(-c2ccc3nnc(-c4ccncc4)n3n2)c1. The van der Waals surface area contributed by atoms with Gasteiger partial charge in [-0.3, -0.25) is 9.78 Å². The Balaban J connectivity index is 1.35. The molecule has 0 bridgehead atoms. The maximum absolute atomic E-state index is 13.7. The smallest absolute Gasteiger partial charge is 0.262 e. The van der Waals surface area contributed by atoms with Crippen LogP contribution >= 0.6 is 0 Å². The van der Waals surface area contributed by atoms with Gasteiger partial charge in [0.25, 0.3) is 5.91 Å². The normalized spacial score (nSPS) is 10.8. The molecule has 3 heterocycles. The minimum absolute atomic E-state index is 0.0258. The van der Waals surface area contributed by atoms with E-state index in [0.717, 1.165) is 11.1 Å². The second-order valence-corrected chi connectivity index (χ2v) is 7.10. The third-order valence-corrected chi connectivity index (χ3v) is 4.84. The Morgan fingerprint density at radius 3 is 2.64 bits per heavy atom. The summed E-state index contributed by atoms with van der Waals surface area (Å²) in [4.78, 5) is 16.3. The summed E-state index contributed by atoms with van der Waals surface area (Å²) in [5, 5.41) is 15.8. The number of fused-ring (bicyclic) bond motifs is 1. The Kier molecular flexibility index (Phi) is 5.42. The van der Waals surface area contributed by atoms with Gasteiger partial charge in [-0.2, -0.15) is 9.61 Å². The number of anilines is 1. The summed E-state index contributed by atoms with van der Waals surface area (Å²) in [5.74, 6) is -0.298. The summed E-state index contributed by atoms with van der Waals surface area (Å²) in [6, 6.07) is 20.5. The number of carbonyl (C=O) groups excluding carboxylic acids is 1. The lowest BCUT2D eigenvalue weighted by Crippen LogP contribution is -2.20. The first-order valence-corrected chi connectivity index (χ1v) is 10.1. The Labute approximate surface area is 187 Å². The average molecular weight is 440 g/mol. The highest BCUT2D eigenvalue weighted by molar-refractivity contribution is 5.92. The molecule has 2 aromatic carbocycles. The van der Waals surface area contributed by atoms with Crippen LogP contribution in [-0.2, 0) is 4.79 Å². The van der Waals surface area contributed by atoms with Gasteiger partial charge in [0.1, 0.15) is 0 Å². The highest BCUT2D eigenvalue weighted by Crippen LogP contribution is 2.23. The zero-order valence-electron chi connectivity index (χ0n) is 17.2. The van der Waals surface area contributed by atoms with E-state index in [1.54, 1.807) is 41.2 Å². The number of aromatic nitrogens is 5. The van der Waals surface area contributed by atoms with Gasteiger partial charge in [0.2, 0.25) is 0 Å². The number of para-hydroxylation sites is 1. The molecule has 3 aromatic heterocycles. The van der Waals surface area contributed by atoms with Gasteiger partial charge in [-0.1, -0.05) is 24.3 Å². The first kappa shape index (κ1) is 20.3. The van der Waals surface area contributed by atoms with Crippen molar-refractivity contribution in [3.05, 3.63) is 91.0 Å². The van der Waals surface area contributed by atoms with E-state index in [0.29, 0.717) is 22.9 Å². The minimum Gasteiger partial charge on any atom is -0.481 e. The van der Waals surface area contributed by atoms with Crippen molar-refractivity contribution < 1.29 is 13.9 Å². The first-order valence-electron chi connectivity index (χ1n) is 10.1. The van der Waals surface area contributed by atoms with E-state index in [1.165, 1.54) is 12.1 Å². The van der Waals surface area contributed by atoms with Crippen molar-refractivity contribution in [1.29, 1.82) is 0 Å². The van der Waals surface area contributed by atoms with Crippen LogP contribution in [0.2, 0.25) is 0 Å². The van der Waals surface area contributed by atoms with Crippen LogP contribution in [0.1, 0.15) is 0 Å². The summed E-state index contributed by atoms with van der Waals surface area (Å²) in [5.41, 5.74) is 3.49. The van der Waals surface area contributed by atoms with Gasteiger partial charge in [0.05, 0.1) is 5.69 Å². The molecule has 0 atom stereocenters. The van der Waals surface area contributed by atoms with Crippen molar-refractivity contribution in [3.63, 3.8) is 0 Å². The van der Waals surface area contributed by atoms with Gasteiger partial charge in [-0.05, 0) is 48.5 Å². The van der Waals surface area contributed by atoms with E-state index < -0.39 is 11.7 Å². The van der Waals surface area contributed by atoms with Crippen molar-refractivity contribution in [2.24, 2.45) is 0 Å². The van der Waals surface area contributed by atoms with Crippen LogP contribution in [0.25, 0.3) is 28.3 Å². The Bertz CT molecular complexity index is 1440. The lowest BCUT2D eigenvalue weighted by atomic mass is 10.1. The van der Waals surface area contributed by atoms with Crippen molar-refractivity contribution in [2.75, 3.05) is 11.9 Å². The molecule has 33 heavy (non-hydrogen) atoms. The summed E-state index contributed by atoms with van der Waals surface area (Å²) in [6.45, 7) is -0.314. The molecule has 0 aliphatic heterocycles. The maximum Gasteiger partial charge on any atom is 0.262 e. The minimum atomic E-state index is -0.520. The number of hydrogen-bond acceptors (Lipinski definition) is 6. The van der Waals surface area contributed by atoms with E-state index in [2.05, 4.69) is 25.6 Å². The number of hydrogen-bond donors (Lipinski definition) is 1. The molecule has 0 unspecified atom stereocenters. The van der Waals surface area contributed by atoms with Crippen molar-refractivity contribution in [2.45, 2.75) is 0 Å². The van der Waals surface area contributed by atoms with E-state index in [-0.39, 0.29) is 12.4 Å². The van der Waals surface area contributed by atoms with Gasteiger partial charge in [0, 0.05) is 29.2 Å². The van der Waals surface area contributed by atoms with Crippen molar-refractivity contribution >= 4 is 17.2 Å². The zero-order chi connectivity index (χ0) is 22.6. The van der Waals surface area contributed by atoms with E-state index >= 15 is 0 Å². The summed E-state index contributed by atoms with van der Waals surface area (Å²) in [7, 11) is 0. The molecule has 0 radical (unpaired) electrons. The number of nitrogens with one attached hydrogen (secondary N) is 1. The molecule has 162 valence electrons. The molecule has 0 aliphatic rings. The molecule has 0 spiro atoms. The van der Waals surface area contributed by atoms with Crippen LogP contribution in [-0.4, -0.2) is 37.3 Å². The number of nitrogens with zero attached hydrogens (tertiary/aromatic N) is 5. The molecule has 1 amide bonds. The monoisotopic (exact) mass is 440 g/mol. The molecule has 8 nitrogen and oxygen atoms in total. The van der Waals surface area contributed by atoms with Gasteiger partial charge in [-0.25, -0.2) is 4.39 Å². The number of pyridine rings is 1. The zero-order valence-corrected chi connectivity index (χ0v) is 17.2. The fourth-order valence-corrected chi connectivity index (χ4v) is 3.28. The Morgan fingerprint density at radius 2 is 1.79 bits per heavy atom. The fourth-order valence-electron chi connectivity index (χ4n) is 3.28. The molecule has 0 aliphatic carbocycles. The molecular weight excluding hydrogens is 423 g/mol. The van der Waals surface area contributed by atoms with E-state index in [1.807, 2.05) is 36.4 Å². The van der Waals surface area contributed by atoms with Crippen LogP contribution in [0, 0.1) is 5.82 Å². The van der Waals surface area contributed by atoms with Gasteiger partial charge in [-0.15, -0.1) is 10.2 Å². The standard InChI is InChI=1S/C24H17FN6O2/c25-19-6-1-2-7-21(19)33-15-23(32)27-18-5-3-4-17(14-18)20-8-9-22-28-29-24(31(22)30-20)16-10-12-26-13-11-16/h1-14H,15H2,(H,27,32). The third-order valence-electron chi connectivity index (χ3n) is 4.84. The van der Waals surface area contributed by atoms with E-state index in [4.69, 9.17) is 4.74 Å². The number of amides is 1. The average Bonchev–Trinajstić information content (AvgIpc) is 3.28. The van der Waals surface area contributed by atoms with Gasteiger partial charge < -0.3 is 10.1 Å². The van der Waals surface area contributed by atoms with Crippen molar-refractivity contribution in [3.8, 4) is 28.4 Å². The number of halogens is 1. The number of carbonyl (C=O) groups is 1. The molecule has 5 aromatic rings. The second-order valence-electron chi connectivity index (χ2n) is 7.10. The summed E-state index contributed by atoms with van der Waals surface area (Å²) < 4.78 is 20.6. The predicted octanol–water partition coefficient (Wildman–Crippen LogP) is 4.01. The number of benzene rings is 2. The Hall–Kier alpha value is -4.66. The summed E-state index contributed by atoms with van der Waals surface area (Å²) in [6.07, 6.45) is 3.37. The molecule has 5 rings (SSSR count). The lowest BCUT2D eigenvalue weighted by Gasteiger charge is -2.09. The number of rotatable bonds is 6. The molecule has 0 fully saturated rings.